The quantitative estimate of drug-likeness (QED) is 0.661. The van der Waals surface area contributed by atoms with Gasteiger partial charge in [0.15, 0.2) is 5.69 Å². The molecule has 0 aliphatic rings. The van der Waals surface area contributed by atoms with Crippen molar-refractivity contribution in [2.75, 3.05) is 0 Å². The molecule has 5 heteroatoms. The largest absolute Gasteiger partial charge is 0.310 e. The highest BCUT2D eigenvalue weighted by atomic mass is 16.6. The van der Waals surface area contributed by atoms with Crippen molar-refractivity contribution in [2.45, 2.75) is 0 Å². The Morgan fingerprint density at radius 2 is 2.33 bits per heavy atom. The van der Waals surface area contributed by atoms with Crippen molar-refractivity contribution in [3.8, 4) is 11.4 Å². The number of hydrogen-bond donors (Lipinski definition) is 1. The van der Waals surface area contributed by atoms with Gasteiger partial charge in [-0.3, -0.25) is 14.4 Å². The molecule has 0 amide bonds. The first-order valence-electron chi connectivity index (χ1n) is 3.33. The zero-order valence-electron chi connectivity index (χ0n) is 6.02. The predicted octanol–water partition coefficient (Wildman–Crippen LogP) is 0.425. The minimum absolute atomic E-state index is 0.204. The minimum Gasteiger partial charge on any atom is -0.267 e. The number of rotatable bonds is 1. The van der Waals surface area contributed by atoms with Gasteiger partial charge in [0.1, 0.15) is 0 Å². The highest BCUT2D eigenvalue weighted by Gasteiger charge is 2.06. The zero-order valence-corrected chi connectivity index (χ0v) is 6.02. The lowest BCUT2D eigenvalue weighted by molar-refractivity contribution is 0.305. The number of aromatic nitrogens is 3. The second-order valence-corrected chi connectivity index (χ2v) is 2.18. The molecule has 0 saturated carbocycles. The van der Waals surface area contributed by atoms with E-state index in [1.807, 2.05) is 0 Å². The molecule has 0 saturated heterocycles. The van der Waals surface area contributed by atoms with Crippen LogP contribution in [0.4, 0.5) is 0 Å². The fraction of sp³-hybridized carbons (Fsp3) is 0. The van der Waals surface area contributed by atoms with Gasteiger partial charge in [-0.15, -0.1) is 0 Å². The average molecular weight is 163 g/mol. The third-order valence-corrected chi connectivity index (χ3v) is 1.40. The summed E-state index contributed by atoms with van der Waals surface area (Å²) in [6, 6.07) is 5.22. The number of nitrogens with zero attached hydrogens (tertiary/aromatic N) is 2. The number of aromatic amines is 1. The Bertz CT molecular complexity index is 417. The molecule has 0 radical (unpaired) electrons. The molecule has 0 spiro atoms. The van der Waals surface area contributed by atoms with Crippen molar-refractivity contribution in [1.82, 2.24) is 15.3 Å². The van der Waals surface area contributed by atoms with E-state index in [0.29, 0.717) is 5.69 Å². The third-order valence-electron chi connectivity index (χ3n) is 1.40. The van der Waals surface area contributed by atoms with Crippen molar-refractivity contribution in [3.05, 3.63) is 34.7 Å². The molecule has 0 bridgehead atoms. The van der Waals surface area contributed by atoms with Crippen LogP contribution in [0.25, 0.3) is 11.4 Å². The van der Waals surface area contributed by atoms with Crippen molar-refractivity contribution in [2.24, 2.45) is 0 Å². The standard InChI is InChI=1S/C7H5N3O2/c11-7-6(9-12-10-7)5-3-1-2-4-8-5/h1-4H,(H,10,11). The number of pyridine rings is 1. The van der Waals surface area contributed by atoms with Gasteiger partial charge in [0.2, 0.25) is 0 Å². The molecule has 1 N–H and O–H groups in total. The summed E-state index contributed by atoms with van der Waals surface area (Å²) < 4.78 is 4.37. The summed E-state index contributed by atoms with van der Waals surface area (Å²) in [5.74, 6) is 0. The number of hydrogen-bond acceptors (Lipinski definition) is 4. The molecule has 12 heavy (non-hydrogen) atoms. The summed E-state index contributed by atoms with van der Waals surface area (Å²) in [5.41, 5.74) is 0.344. The molecule has 60 valence electrons. The molecule has 0 aliphatic heterocycles. The van der Waals surface area contributed by atoms with Crippen LogP contribution in [0.5, 0.6) is 0 Å². The molecular weight excluding hydrogens is 158 g/mol. The fourth-order valence-corrected chi connectivity index (χ4v) is 0.866. The Labute approximate surface area is 67.0 Å². The third kappa shape index (κ3) is 1.01. The van der Waals surface area contributed by atoms with Gasteiger partial charge >= 0.3 is 5.56 Å². The number of nitrogens with one attached hydrogen (secondary N) is 1. The van der Waals surface area contributed by atoms with E-state index in [1.165, 1.54) is 0 Å². The molecule has 0 atom stereocenters. The van der Waals surface area contributed by atoms with Crippen molar-refractivity contribution in [3.63, 3.8) is 0 Å². The van der Waals surface area contributed by atoms with Gasteiger partial charge in [0, 0.05) is 6.20 Å². The van der Waals surface area contributed by atoms with Crippen LogP contribution in [0.1, 0.15) is 0 Å². The lowest BCUT2D eigenvalue weighted by atomic mass is 10.3. The summed E-state index contributed by atoms with van der Waals surface area (Å²) in [7, 11) is 0. The average Bonchev–Trinajstić information content (AvgIpc) is 2.53. The van der Waals surface area contributed by atoms with Gasteiger partial charge in [-0.05, 0) is 17.3 Å². The second kappa shape index (κ2) is 2.61. The van der Waals surface area contributed by atoms with Gasteiger partial charge in [0.05, 0.1) is 5.69 Å². The minimum atomic E-state index is -0.367. The lowest BCUT2D eigenvalue weighted by Crippen LogP contribution is -2.02. The van der Waals surface area contributed by atoms with E-state index >= 15 is 0 Å². The Morgan fingerprint density at radius 3 is 2.92 bits per heavy atom. The van der Waals surface area contributed by atoms with Crippen molar-refractivity contribution >= 4 is 0 Å². The maximum absolute atomic E-state index is 11.0. The summed E-state index contributed by atoms with van der Waals surface area (Å²) >= 11 is 0. The van der Waals surface area contributed by atoms with E-state index in [1.54, 1.807) is 24.4 Å². The smallest absolute Gasteiger partial charge is 0.267 e. The fourth-order valence-electron chi connectivity index (χ4n) is 0.866. The molecule has 2 heterocycles. The van der Waals surface area contributed by atoms with Gasteiger partial charge in [-0.2, -0.15) is 5.16 Å². The summed E-state index contributed by atoms with van der Waals surface area (Å²) in [4.78, 5) is 14.9. The summed E-state index contributed by atoms with van der Waals surface area (Å²) in [6.07, 6.45) is 1.59. The van der Waals surface area contributed by atoms with E-state index < -0.39 is 0 Å². The first kappa shape index (κ1) is 6.78. The molecular formula is C7H5N3O2. The molecule has 0 aliphatic carbocycles. The normalized spacial score (nSPS) is 10.0. The second-order valence-electron chi connectivity index (χ2n) is 2.18. The molecule has 2 aromatic heterocycles. The zero-order chi connectivity index (χ0) is 8.39. The highest BCUT2D eigenvalue weighted by molar-refractivity contribution is 5.50. The first-order valence-corrected chi connectivity index (χ1v) is 3.33. The lowest BCUT2D eigenvalue weighted by Gasteiger charge is -1.88. The van der Waals surface area contributed by atoms with Crippen LogP contribution in [0.2, 0.25) is 0 Å². The van der Waals surface area contributed by atoms with Crippen LogP contribution >= 0.6 is 0 Å². The van der Waals surface area contributed by atoms with Crippen LogP contribution in [-0.2, 0) is 0 Å². The van der Waals surface area contributed by atoms with Crippen LogP contribution in [0.3, 0.4) is 0 Å². The van der Waals surface area contributed by atoms with Crippen molar-refractivity contribution in [1.29, 1.82) is 0 Å². The maximum Gasteiger partial charge on any atom is 0.310 e. The van der Waals surface area contributed by atoms with Gasteiger partial charge in [-0.25, -0.2) is 0 Å². The SMILES string of the molecule is O=c1[nH]onc1-c1ccccn1. The summed E-state index contributed by atoms with van der Waals surface area (Å²) in [5, 5.41) is 5.57. The van der Waals surface area contributed by atoms with Gasteiger partial charge in [0.25, 0.3) is 0 Å². The van der Waals surface area contributed by atoms with Gasteiger partial charge < -0.3 is 0 Å². The first-order chi connectivity index (χ1) is 5.88. The van der Waals surface area contributed by atoms with E-state index in [4.69, 9.17) is 0 Å². The van der Waals surface area contributed by atoms with Crippen LogP contribution < -0.4 is 5.56 Å². The van der Waals surface area contributed by atoms with Gasteiger partial charge in [-0.1, -0.05) is 6.07 Å². The van der Waals surface area contributed by atoms with E-state index in [-0.39, 0.29) is 11.3 Å². The molecule has 2 aromatic rings. The number of H-pyrrole nitrogens is 1. The highest BCUT2D eigenvalue weighted by Crippen LogP contribution is 2.06. The van der Waals surface area contributed by atoms with Crippen LogP contribution in [0, 0.1) is 0 Å². The van der Waals surface area contributed by atoms with Crippen LogP contribution in [-0.4, -0.2) is 15.3 Å². The molecule has 0 fully saturated rings. The van der Waals surface area contributed by atoms with Crippen molar-refractivity contribution < 1.29 is 4.63 Å². The molecule has 5 nitrogen and oxygen atoms in total. The molecule has 2 rings (SSSR count). The maximum atomic E-state index is 11.0. The van der Waals surface area contributed by atoms with E-state index in [0.717, 1.165) is 0 Å². The Kier molecular flexibility index (Phi) is 1.48. The Morgan fingerprint density at radius 1 is 1.42 bits per heavy atom. The van der Waals surface area contributed by atoms with E-state index in [2.05, 4.69) is 19.9 Å². The molecule has 0 unspecified atom stereocenters. The Balaban J connectivity index is 2.59. The van der Waals surface area contributed by atoms with E-state index in [9.17, 15) is 4.79 Å². The molecule has 0 aromatic carbocycles. The van der Waals surface area contributed by atoms with Crippen LogP contribution in [0.15, 0.2) is 33.8 Å². The monoisotopic (exact) mass is 163 g/mol. The topological polar surface area (TPSA) is 71.8 Å². The summed E-state index contributed by atoms with van der Waals surface area (Å²) in [6.45, 7) is 0. The predicted molar refractivity (Wildman–Crippen MR) is 40.4 cm³/mol. The Hall–Kier alpha value is -1.91.